The van der Waals surface area contributed by atoms with E-state index in [4.69, 9.17) is 0 Å². The molecular formula is C13H15N5OS. The highest BCUT2D eigenvalue weighted by Gasteiger charge is 2.08. The fraction of sp³-hybridized carbons (Fsp3) is 0.308. The Morgan fingerprint density at radius 1 is 1.50 bits per heavy atom. The van der Waals surface area contributed by atoms with Crippen molar-refractivity contribution in [3.05, 3.63) is 51.6 Å². The fourth-order valence-corrected chi connectivity index (χ4v) is 2.76. The molecule has 0 saturated heterocycles. The Balaban J connectivity index is 1.75. The first kappa shape index (κ1) is 13.0. The van der Waals surface area contributed by atoms with Gasteiger partial charge in [0.1, 0.15) is 0 Å². The normalized spacial score (nSPS) is 12.9. The van der Waals surface area contributed by atoms with Gasteiger partial charge in [-0.1, -0.05) is 0 Å². The van der Waals surface area contributed by atoms with E-state index in [-0.39, 0.29) is 11.6 Å². The molecule has 0 saturated carbocycles. The van der Waals surface area contributed by atoms with E-state index in [9.17, 15) is 4.79 Å². The van der Waals surface area contributed by atoms with Crippen LogP contribution in [0.25, 0.3) is 4.96 Å². The average Bonchev–Trinajstić information content (AvgIpc) is 3.04. The van der Waals surface area contributed by atoms with E-state index in [1.54, 1.807) is 21.3 Å². The van der Waals surface area contributed by atoms with Crippen LogP contribution in [0.15, 0.2) is 34.8 Å². The van der Waals surface area contributed by atoms with Gasteiger partial charge < -0.3 is 5.32 Å². The molecule has 0 aromatic carbocycles. The van der Waals surface area contributed by atoms with Crippen molar-refractivity contribution in [1.82, 2.24) is 24.5 Å². The number of hydrogen-bond donors (Lipinski definition) is 1. The Bertz CT molecular complexity index is 787. The minimum absolute atomic E-state index is 0.0397. The van der Waals surface area contributed by atoms with Gasteiger partial charge in [0, 0.05) is 49.0 Å². The molecule has 0 aliphatic rings. The van der Waals surface area contributed by atoms with Crippen LogP contribution in [-0.2, 0) is 13.6 Å². The highest BCUT2D eigenvalue weighted by atomic mass is 32.1. The van der Waals surface area contributed by atoms with Gasteiger partial charge in [0.15, 0.2) is 4.96 Å². The van der Waals surface area contributed by atoms with Crippen LogP contribution in [-0.4, -0.2) is 19.2 Å². The van der Waals surface area contributed by atoms with Gasteiger partial charge in [-0.25, -0.2) is 4.98 Å². The number of hydrogen-bond acceptors (Lipinski definition) is 5. The second-order valence-electron chi connectivity index (χ2n) is 4.69. The summed E-state index contributed by atoms with van der Waals surface area (Å²) in [5, 5.41) is 9.36. The molecule has 1 atom stereocenters. The molecule has 0 bridgehead atoms. The fourth-order valence-electron chi connectivity index (χ4n) is 2.02. The summed E-state index contributed by atoms with van der Waals surface area (Å²) in [5.74, 6) is 0. The molecule has 6 nitrogen and oxygen atoms in total. The lowest BCUT2D eigenvalue weighted by atomic mass is 10.2. The molecule has 0 fully saturated rings. The van der Waals surface area contributed by atoms with E-state index in [1.165, 1.54) is 11.3 Å². The minimum atomic E-state index is -0.0397. The zero-order valence-electron chi connectivity index (χ0n) is 11.3. The number of aryl methyl sites for hydroxylation is 1. The van der Waals surface area contributed by atoms with E-state index in [0.29, 0.717) is 6.54 Å². The van der Waals surface area contributed by atoms with Crippen molar-refractivity contribution in [3.63, 3.8) is 0 Å². The summed E-state index contributed by atoms with van der Waals surface area (Å²) >= 11 is 1.46. The van der Waals surface area contributed by atoms with Gasteiger partial charge in [0.2, 0.25) is 0 Å². The molecule has 20 heavy (non-hydrogen) atoms. The van der Waals surface area contributed by atoms with Crippen LogP contribution in [0.5, 0.6) is 0 Å². The molecule has 0 amide bonds. The zero-order valence-corrected chi connectivity index (χ0v) is 12.1. The van der Waals surface area contributed by atoms with Gasteiger partial charge in [-0.3, -0.25) is 13.9 Å². The van der Waals surface area contributed by atoms with Crippen LogP contribution < -0.4 is 10.9 Å². The van der Waals surface area contributed by atoms with Crippen molar-refractivity contribution in [2.45, 2.75) is 19.5 Å². The number of aromatic nitrogens is 4. The summed E-state index contributed by atoms with van der Waals surface area (Å²) in [6.45, 7) is 2.62. The molecule has 0 aliphatic heterocycles. The van der Waals surface area contributed by atoms with Gasteiger partial charge in [0.25, 0.3) is 5.56 Å². The third kappa shape index (κ3) is 2.50. The number of nitrogens with one attached hydrogen (secondary N) is 1. The Morgan fingerprint density at radius 2 is 2.35 bits per heavy atom. The number of rotatable bonds is 4. The highest BCUT2D eigenvalue weighted by molar-refractivity contribution is 7.15. The number of thiazole rings is 1. The lowest BCUT2D eigenvalue weighted by Crippen LogP contribution is -2.21. The molecule has 0 radical (unpaired) electrons. The summed E-state index contributed by atoms with van der Waals surface area (Å²) in [5.41, 5.74) is 1.83. The molecule has 0 spiro atoms. The molecule has 0 unspecified atom stereocenters. The van der Waals surface area contributed by atoms with Crippen molar-refractivity contribution < 1.29 is 0 Å². The first-order chi connectivity index (χ1) is 9.63. The predicted octanol–water partition coefficient (Wildman–Crippen LogP) is 1.34. The van der Waals surface area contributed by atoms with Crippen molar-refractivity contribution in [3.8, 4) is 0 Å². The largest absolute Gasteiger partial charge is 0.304 e. The van der Waals surface area contributed by atoms with Gasteiger partial charge in [-0.05, 0) is 6.92 Å². The van der Waals surface area contributed by atoms with E-state index >= 15 is 0 Å². The molecule has 104 valence electrons. The molecule has 3 aromatic rings. The second kappa shape index (κ2) is 5.18. The average molecular weight is 289 g/mol. The first-order valence-electron chi connectivity index (χ1n) is 6.31. The summed E-state index contributed by atoms with van der Waals surface area (Å²) < 4.78 is 3.33. The molecule has 0 aliphatic carbocycles. The first-order valence-corrected chi connectivity index (χ1v) is 7.19. The predicted molar refractivity (Wildman–Crippen MR) is 77.8 cm³/mol. The molecule has 3 aromatic heterocycles. The topological polar surface area (TPSA) is 64.2 Å². The van der Waals surface area contributed by atoms with E-state index < -0.39 is 0 Å². The summed E-state index contributed by atoms with van der Waals surface area (Å²) in [4.78, 5) is 17.1. The van der Waals surface area contributed by atoms with Crippen LogP contribution in [0.1, 0.15) is 24.2 Å². The Kier molecular flexibility index (Phi) is 3.37. The van der Waals surface area contributed by atoms with Gasteiger partial charge >= 0.3 is 0 Å². The number of fused-ring (bicyclic) bond motifs is 1. The second-order valence-corrected chi connectivity index (χ2v) is 5.56. The molecule has 3 rings (SSSR count). The summed E-state index contributed by atoms with van der Waals surface area (Å²) in [6.07, 6.45) is 5.55. The van der Waals surface area contributed by atoms with Gasteiger partial charge in [-0.15, -0.1) is 11.3 Å². The molecule has 3 heterocycles. The zero-order chi connectivity index (χ0) is 14.1. The summed E-state index contributed by atoms with van der Waals surface area (Å²) in [7, 11) is 1.89. The van der Waals surface area contributed by atoms with E-state index in [2.05, 4.69) is 22.3 Å². The lowest BCUT2D eigenvalue weighted by molar-refractivity contribution is 0.567. The number of nitrogens with zero attached hydrogens (tertiary/aromatic N) is 4. The van der Waals surface area contributed by atoms with Crippen molar-refractivity contribution in [2.75, 3.05) is 0 Å². The van der Waals surface area contributed by atoms with Crippen LogP contribution >= 0.6 is 11.3 Å². The van der Waals surface area contributed by atoms with E-state index in [1.807, 2.05) is 24.8 Å². The van der Waals surface area contributed by atoms with Gasteiger partial charge in [0.05, 0.1) is 11.9 Å². The maximum Gasteiger partial charge on any atom is 0.258 e. The van der Waals surface area contributed by atoms with Crippen LogP contribution in [0.4, 0.5) is 0 Å². The standard InChI is InChI=1S/C13H15N5OS/c1-9(10-6-15-17(2)8-10)14-7-11-5-12(19)18-3-4-20-13(18)16-11/h3-6,8-9,14H,7H2,1-2H3/t9-/m1/s1. The van der Waals surface area contributed by atoms with E-state index in [0.717, 1.165) is 16.2 Å². The Hall–Kier alpha value is -1.99. The molecule has 1 N–H and O–H groups in total. The van der Waals surface area contributed by atoms with Crippen LogP contribution in [0.2, 0.25) is 0 Å². The smallest absolute Gasteiger partial charge is 0.258 e. The van der Waals surface area contributed by atoms with Crippen LogP contribution in [0.3, 0.4) is 0 Å². The summed E-state index contributed by atoms with van der Waals surface area (Å²) in [6, 6.07) is 1.73. The third-order valence-electron chi connectivity index (χ3n) is 3.17. The van der Waals surface area contributed by atoms with Crippen molar-refractivity contribution >= 4 is 16.3 Å². The van der Waals surface area contributed by atoms with Crippen molar-refractivity contribution in [2.24, 2.45) is 7.05 Å². The quantitative estimate of drug-likeness (QED) is 0.787. The highest BCUT2D eigenvalue weighted by Crippen LogP contribution is 2.11. The third-order valence-corrected chi connectivity index (χ3v) is 3.93. The molecular weight excluding hydrogens is 274 g/mol. The van der Waals surface area contributed by atoms with Gasteiger partial charge in [-0.2, -0.15) is 5.10 Å². The Labute approximate surface area is 119 Å². The SMILES string of the molecule is C[C@@H](NCc1cc(=O)n2ccsc2n1)c1cnn(C)c1. The lowest BCUT2D eigenvalue weighted by Gasteiger charge is -2.11. The Morgan fingerprint density at radius 3 is 3.10 bits per heavy atom. The molecule has 7 heteroatoms. The monoisotopic (exact) mass is 289 g/mol. The van der Waals surface area contributed by atoms with Crippen molar-refractivity contribution in [1.29, 1.82) is 0 Å². The minimum Gasteiger partial charge on any atom is -0.304 e. The van der Waals surface area contributed by atoms with Crippen LogP contribution in [0, 0.1) is 0 Å². The maximum atomic E-state index is 11.9. The maximum absolute atomic E-state index is 11.9.